The van der Waals surface area contributed by atoms with Crippen LogP contribution in [0.4, 0.5) is 0 Å². The number of ether oxygens (including phenoxy) is 2. The van der Waals surface area contributed by atoms with Gasteiger partial charge in [0.25, 0.3) is 0 Å². The van der Waals surface area contributed by atoms with E-state index in [9.17, 15) is 0 Å². The molecular weight excluding hydrogens is 376 g/mol. The number of nitrogens with one attached hydrogen (secondary N) is 1. The van der Waals surface area contributed by atoms with E-state index in [-0.39, 0.29) is 0 Å². The van der Waals surface area contributed by atoms with E-state index in [1.807, 2.05) is 12.3 Å². The van der Waals surface area contributed by atoms with Gasteiger partial charge in [-0.05, 0) is 62.0 Å². The molecule has 0 radical (unpaired) electrons. The number of hydrogen-bond acceptors (Lipinski definition) is 5. The first kappa shape index (κ1) is 20.8. The molecule has 0 saturated carbocycles. The standard InChI is InChI=1S/C24H32N4O2/c1-27(9-3-4-10-28-11-13-30-14-12-28)18-22-17-25-26-24(22)21-6-5-20-16-23(29-2)8-7-19(20)15-21/h5-8,15-17H,3-4,9-14,18H2,1-2H3,(H,25,26). The molecule has 4 rings (SSSR count). The molecule has 1 saturated heterocycles. The molecule has 30 heavy (non-hydrogen) atoms. The molecule has 6 nitrogen and oxygen atoms in total. The number of hydrogen-bond donors (Lipinski definition) is 1. The minimum atomic E-state index is 0.880. The van der Waals surface area contributed by atoms with Crippen molar-refractivity contribution in [3.05, 3.63) is 48.2 Å². The first-order valence-electron chi connectivity index (χ1n) is 10.8. The Hall–Kier alpha value is -2.41. The lowest BCUT2D eigenvalue weighted by Gasteiger charge is -2.26. The van der Waals surface area contributed by atoms with Crippen LogP contribution in [-0.4, -0.2) is 73.5 Å². The summed E-state index contributed by atoms with van der Waals surface area (Å²) < 4.78 is 10.8. The normalized spacial score (nSPS) is 15.2. The third-order valence-corrected chi connectivity index (χ3v) is 5.86. The minimum Gasteiger partial charge on any atom is -0.497 e. The molecule has 6 heteroatoms. The van der Waals surface area contributed by atoms with Crippen molar-refractivity contribution in [2.45, 2.75) is 19.4 Å². The SMILES string of the molecule is COc1ccc2cc(-c3[nH]ncc3CN(C)CCCCN3CCOCC3)ccc2c1. The minimum absolute atomic E-state index is 0.880. The second-order valence-corrected chi connectivity index (χ2v) is 8.10. The zero-order valence-corrected chi connectivity index (χ0v) is 18.1. The Balaban J connectivity index is 1.34. The molecule has 0 spiro atoms. The summed E-state index contributed by atoms with van der Waals surface area (Å²) in [6, 6.07) is 12.7. The number of H-pyrrole nitrogens is 1. The summed E-state index contributed by atoms with van der Waals surface area (Å²) in [7, 11) is 3.89. The average Bonchev–Trinajstić information content (AvgIpc) is 3.24. The Kier molecular flexibility index (Phi) is 7.00. The first-order valence-corrected chi connectivity index (χ1v) is 10.8. The van der Waals surface area contributed by atoms with Crippen molar-refractivity contribution < 1.29 is 9.47 Å². The summed E-state index contributed by atoms with van der Waals surface area (Å²) in [6.45, 7) is 7.07. The number of morpholine rings is 1. The Morgan fingerprint density at radius 3 is 2.73 bits per heavy atom. The lowest BCUT2D eigenvalue weighted by molar-refractivity contribution is 0.0369. The van der Waals surface area contributed by atoms with E-state index in [1.54, 1.807) is 7.11 Å². The Morgan fingerprint density at radius 1 is 1.10 bits per heavy atom. The van der Waals surface area contributed by atoms with Crippen LogP contribution < -0.4 is 4.74 Å². The van der Waals surface area contributed by atoms with Gasteiger partial charge in [-0.15, -0.1) is 0 Å². The summed E-state index contributed by atoms with van der Waals surface area (Å²) >= 11 is 0. The number of benzene rings is 2. The van der Waals surface area contributed by atoms with Gasteiger partial charge in [0.05, 0.1) is 32.2 Å². The van der Waals surface area contributed by atoms with Crippen molar-refractivity contribution in [3.63, 3.8) is 0 Å². The highest BCUT2D eigenvalue weighted by Crippen LogP contribution is 2.28. The zero-order valence-electron chi connectivity index (χ0n) is 18.1. The molecule has 1 aliphatic heterocycles. The van der Waals surface area contributed by atoms with Crippen molar-refractivity contribution >= 4 is 10.8 Å². The number of aromatic nitrogens is 2. The van der Waals surface area contributed by atoms with Crippen LogP contribution >= 0.6 is 0 Å². The molecule has 1 N–H and O–H groups in total. The highest BCUT2D eigenvalue weighted by atomic mass is 16.5. The fraction of sp³-hybridized carbons (Fsp3) is 0.458. The van der Waals surface area contributed by atoms with E-state index in [1.165, 1.54) is 41.3 Å². The van der Waals surface area contributed by atoms with Gasteiger partial charge in [-0.1, -0.05) is 18.2 Å². The fourth-order valence-corrected chi connectivity index (χ4v) is 4.10. The number of nitrogens with zero attached hydrogens (tertiary/aromatic N) is 3. The maximum atomic E-state index is 5.42. The van der Waals surface area contributed by atoms with Crippen LogP contribution in [0.15, 0.2) is 42.6 Å². The summed E-state index contributed by atoms with van der Waals surface area (Å²) in [5.41, 5.74) is 3.51. The van der Waals surface area contributed by atoms with Crippen molar-refractivity contribution in [2.24, 2.45) is 0 Å². The fourth-order valence-electron chi connectivity index (χ4n) is 4.10. The Morgan fingerprint density at radius 2 is 1.90 bits per heavy atom. The van der Waals surface area contributed by atoms with Crippen molar-refractivity contribution in [2.75, 3.05) is 53.6 Å². The van der Waals surface area contributed by atoms with Crippen LogP contribution in [0.3, 0.4) is 0 Å². The van der Waals surface area contributed by atoms with Crippen LogP contribution in [0.1, 0.15) is 18.4 Å². The topological polar surface area (TPSA) is 53.6 Å². The van der Waals surface area contributed by atoms with Crippen LogP contribution in [0.5, 0.6) is 5.75 Å². The van der Waals surface area contributed by atoms with Gasteiger partial charge < -0.3 is 14.4 Å². The lowest BCUT2D eigenvalue weighted by Crippen LogP contribution is -2.37. The number of methoxy groups -OCH3 is 1. The van der Waals surface area contributed by atoms with E-state index in [0.717, 1.165) is 50.8 Å². The third-order valence-electron chi connectivity index (χ3n) is 5.86. The van der Waals surface area contributed by atoms with E-state index in [0.29, 0.717) is 0 Å². The molecule has 1 aromatic heterocycles. The maximum Gasteiger partial charge on any atom is 0.119 e. The Labute approximate surface area is 178 Å². The van der Waals surface area contributed by atoms with E-state index >= 15 is 0 Å². The van der Waals surface area contributed by atoms with Gasteiger partial charge in [-0.2, -0.15) is 5.10 Å². The van der Waals surface area contributed by atoms with Crippen LogP contribution in [0.25, 0.3) is 22.0 Å². The van der Waals surface area contributed by atoms with Crippen LogP contribution in [-0.2, 0) is 11.3 Å². The number of fused-ring (bicyclic) bond motifs is 1. The lowest BCUT2D eigenvalue weighted by atomic mass is 10.0. The smallest absolute Gasteiger partial charge is 0.119 e. The second-order valence-electron chi connectivity index (χ2n) is 8.10. The first-order chi connectivity index (χ1) is 14.7. The van der Waals surface area contributed by atoms with Crippen LogP contribution in [0.2, 0.25) is 0 Å². The van der Waals surface area contributed by atoms with Gasteiger partial charge in [0.1, 0.15) is 5.75 Å². The average molecular weight is 409 g/mol. The molecular formula is C24H32N4O2. The molecule has 0 amide bonds. The molecule has 0 bridgehead atoms. The summed E-state index contributed by atoms with van der Waals surface area (Å²) in [4.78, 5) is 4.90. The molecule has 1 fully saturated rings. The predicted molar refractivity (Wildman–Crippen MR) is 121 cm³/mol. The second kappa shape index (κ2) is 10.1. The molecule has 0 unspecified atom stereocenters. The van der Waals surface area contributed by atoms with E-state index in [2.05, 4.69) is 57.4 Å². The van der Waals surface area contributed by atoms with Gasteiger partial charge in [0.2, 0.25) is 0 Å². The van der Waals surface area contributed by atoms with Crippen molar-refractivity contribution in [1.82, 2.24) is 20.0 Å². The quantitative estimate of drug-likeness (QED) is 0.546. The van der Waals surface area contributed by atoms with Gasteiger partial charge >= 0.3 is 0 Å². The monoisotopic (exact) mass is 408 g/mol. The third kappa shape index (κ3) is 5.19. The molecule has 0 aliphatic carbocycles. The molecule has 3 aromatic rings. The number of unbranched alkanes of at least 4 members (excludes halogenated alkanes) is 1. The van der Waals surface area contributed by atoms with Gasteiger partial charge in [0, 0.05) is 30.8 Å². The summed E-state index contributed by atoms with van der Waals surface area (Å²) in [5, 5.41) is 9.91. The van der Waals surface area contributed by atoms with Gasteiger partial charge in [-0.25, -0.2) is 0 Å². The molecule has 1 aliphatic rings. The largest absolute Gasteiger partial charge is 0.497 e. The van der Waals surface area contributed by atoms with Crippen molar-refractivity contribution in [3.8, 4) is 17.0 Å². The predicted octanol–water partition coefficient (Wildman–Crippen LogP) is 3.78. The van der Waals surface area contributed by atoms with Gasteiger partial charge in [-0.3, -0.25) is 10.00 Å². The highest BCUT2D eigenvalue weighted by Gasteiger charge is 2.12. The molecule has 2 heterocycles. The zero-order chi connectivity index (χ0) is 20.8. The van der Waals surface area contributed by atoms with E-state index in [4.69, 9.17) is 9.47 Å². The molecule has 2 aromatic carbocycles. The molecule has 160 valence electrons. The maximum absolute atomic E-state index is 5.42. The Bertz CT molecular complexity index is 949. The van der Waals surface area contributed by atoms with Gasteiger partial charge in [0.15, 0.2) is 0 Å². The van der Waals surface area contributed by atoms with Crippen LogP contribution in [0, 0.1) is 0 Å². The number of aromatic amines is 1. The van der Waals surface area contributed by atoms with Crippen molar-refractivity contribution in [1.29, 1.82) is 0 Å². The highest BCUT2D eigenvalue weighted by molar-refractivity contribution is 5.88. The van der Waals surface area contributed by atoms with E-state index < -0.39 is 0 Å². The summed E-state index contributed by atoms with van der Waals surface area (Å²) in [5.74, 6) is 0.882. The molecule has 0 atom stereocenters. The number of rotatable bonds is 9. The summed E-state index contributed by atoms with van der Waals surface area (Å²) in [6.07, 6.45) is 4.40.